The first-order valence-corrected chi connectivity index (χ1v) is 6.46. The molecule has 0 fully saturated rings. The van der Waals surface area contributed by atoms with Gasteiger partial charge in [-0.05, 0) is 34.5 Å². The third kappa shape index (κ3) is 2.04. The first kappa shape index (κ1) is 12.3. The maximum Gasteiger partial charge on any atom is 0.153 e. The van der Waals surface area contributed by atoms with Crippen LogP contribution in [-0.4, -0.2) is 9.97 Å². The number of imidazole rings is 1. The molecule has 0 aliphatic rings. The number of rotatable bonds is 1. The Balaban J connectivity index is 2.26. The van der Waals surface area contributed by atoms with E-state index in [0.29, 0.717) is 11.3 Å². The Morgan fingerprint density at radius 3 is 2.79 bits per heavy atom. The first-order chi connectivity index (χ1) is 9.06. The SMILES string of the molecule is Cc1cccc(-c2nc3c(F)cc(F)cc3[nH]2)c1Br. The van der Waals surface area contributed by atoms with Crippen molar-refractivity contribution in [3.8, 4) is 11.4 Å². The molecular formula is C14H9BrF2N2. The van der Waals surface area contributed by atoms with Crippen LogP contribution in [0.4, 0.5) is 8.78 Å². The van der Waals surface area contributed by atoms with Crippen molar-refractivity contribution in [2.24, 2.45) is 0 Å². The highest BCUT2D eigenvalue weighted by Crippen LogP contribution is 2.30. The van der Waals surface area contributed by atoms with Crippen LogP contribution in [-0.2, 0) is 0 Å². The molecule has 0 radical (unpaired) electrons. The Labute approximate surface area is 116 Å². The predicted octanol–water partition coefficient (Wildman–Crippen LogP) is 4.58. The van der Waals surface area contributed by atoms with Crippen molar-refractivity contribution in [3.05, 3.63) is 52.0 Å². The van der Waals surface area contributed by atoms with Crippen LogP contribution in [0.3, 0.4) is 0 Å². The molecule has 0 amide bonds. The lowest BCUT2D eigenvalue weighted by molar-refractivity contribution is 0.591. The van der Waals surface area contributed by atoms with E-state index < -0.39 is 11.6 Å². The third-order valence-corrected chi connectivity index (χ3v) is 4.00. The number of aryl methyl sites for hydroxylation is 1. The van der Waals surface area contributed by atoms with E-state index in [1.165, 1.54) is 6.07 Å². The summed E-state index contributed by atoms with van der Waals surface area (Å²) in [6.45, 7) is 1.95. The van der Waals surface area contributed by atoms with Gasteiger partial charge in [0.25, 0.3) is 0 Å². The zero-order valence-electron chi connectivity index (χ0n) is 9.97. The molecule has 96 valence electrons. The average Bonchev–Trinajstić information content (AvgIpc) is 2.76. The Hall–Kier alpha value is -1.75. The van der Waals surface area contributed by atoms with E-state index in [1.807, 2.05) is 25.1 Å². The number of H-pyrrole nitrogens is 1. The second-order valence-electron chi connectivity index (χ2n) is 4.31. The molecule has 1 aromatic heterocycles. The van der Waals surface area contributed by atoms with Crippen LogP contribution in [0.5, 0.6) is 0 Å². The first-order valence-electron chi connectivity index (χ1n) is 5.66. The van der Waals surface area contributed by atoms with E-state index >= 15 is 0 Å². The van der Waals surface area contributed by atoms with Crippen molar-refractivity contribution in [3.63, 3.8) is 0 Å². The summed E-state index contributed by atoms with van der Waals surface area (Å²) in [7, 11) is 0. The quantitative estimate of drug-likeness (QED) is 0.698. The number of halogens is 3. The summed E-state index contributed by atoms with van der Waals surface area (Å²) in [6, 6.07) is 7.77. The summed E-state index contributed by atoms with van der Waals surface area (Å²) in [5.74, 6) is -0.778. The molecule has 5 heteroatoms. The van der Waals surface area contributed by atoms with E-state index in [-0.39, 0.29) is 5.52 Å². The highest BCUT2D eigenvalue weighted by atomic mass is 79.9. The number of aromatic amines is 1. The topological polar surface area (TPSA) is 28.7 Å². The zero-order chi connectivity index (χ0) is 13.6. The standard InChI is InChI=1S/C14H9BrF2N2/c1-7-3-2-4-9(12(7)15)14-18-11-6-8(16)5-10(17)13(11)19-14/h2-6H,1H3,(H,18,19). The minimum Gasteiger partial charge on any atom is -0.338 e. The van der Waals surface area contributed by atoms with Crippen molar-refractivity contribution in [2.75, 3.05) is 0 Å². The summed E-state index contributed by atoms with van der Waals surface area (Å²) in [6.07, 6.45) is 0. The summed E-state index contributed by atoms with van der Waals surface area (Å²) in [5, 5.41) is 0. The summed E-state index contributed by atoms with van der Waals surface area (Å²) >= 11 is 3.48. The number of aromatic nitrogens is 2. The summed E-state index contributed by atoms with van der Waals surface area (Å²) < 4.78 is 27.7. The molecule has 0 saturated carbocycles. The van der Waals surface area contributed by atoms with E-state index in [4.69, 9.17) is 0 Å². The third-order valence-electron chi connectivity index (χ3n) is 2.95. The normalized spacial score (nSPS) is 11.2. The molecule has 0 spiro atoms. The molecule has 0 bridgehead atoms. The van der Waals surface area contributed by atoms with E-state index in [9.17, 15) is 8.78 Å². The molecule has 3 aromatic rings. The summed E-state index contributed by atoms with van der Waals surface area (Å²) in [4.78, 5) is 7.14. The molecule has 0 unspecified atom stereocenters. The van der Waals surface area contributed by atoms with Crippen molar-refractivity contribution >= 4 is 27.0 Å². The van der Waals surface area contributed by atoms with E-state index in [1.54, 1.807) is 0 Å². The lowest BCUT2D eigenvalue weighted by atomic mass is 10.1. The number of hydrogen-bond acceptors (Lipinski definition) is 1. The Morgan fingerprint density at radius 2 is 2.00 bits per heavy atom. The van der Waals surface area contributed by atoms with Gasteiger partial charge in [-0.25, -0.2) is 13.8 Å². The Morgan fingerprint density at radius 1 is 1.21 bits per heavy atom. The van der Waals surface area contributed by atoms with E-state index in [2.05, 4.69) is 25.9 Å². The van der Waals surface area contributed by atoms with Crippen LogP contribution in [0, 0.1) is 18.6 Å². The van der Waals surface area contributed by atoms with Gasteiger partial charge in [0.1, 0.15) is 17.2 Å². The van der Waals surface area contributed by atoms with Crippen LogP contribution in [0.15, 0.2) is 34.8 Å². The Kier molecular flexibility index (Phi) is 2.86. The zero-order valence-corrected chi connectivity index (χ0v) is 11.6. The maximum atomic E-state index is 13.6. The van der Waals surface area contributed by atoms with Gasteiger partial charge < -0.3 is 4.98 Å². The molecule has 3 rings (SSSR count). The largest absolute Gasteiger partial charge is 0.338 e. The Bertz CT molecular complexity index is 780. The van der Waals surface area contributed by atoms with Gasteiger partial charge in [-0.2, -0.15) is 0 Å². The fourth-order valence-corrected chi connectivity index (χ4v) is 2.45. The molecule has 0 aliphatic carbocycles. The summed E-state index contributed by atoms with van der Waals surface area (Å²) in [5.41, 5.74) is 2.35. The predicted molar refractivity (Wildman–Crippen MR) is 73.9 cm³/mol. The van der Waals surface area contributed by atoms with Crippen molar-refractivity contribution in [1.82, 2.24) is 9.97 Å². The minimum atomic E-state index is -0.665. The second kappa shape index (κ2) is 4.42. The molecule has 1 N–H and O–H groups in total. The highest BCUT2D eigenvalue weighted by molar-refractivity contribution is 9.10. The molecule has 2 aromatic carbocycles. The average molecular weight is 323 g/mol. The van der Waals surface area contributed by atoms with Crippen LogP contribution >= 0.6 is 15.9 Å². The molecular weight excluding hydrogens is 314 g/mol. The minimum absolute atomic E-state index is 0.143. The molecule has 0 atom stereocenters. The molecule has 1 heterocycles. The van der Waals surface area contributed by atoms with Gasteiger partial charge in [-0.15, -0.1) is 0 Å². The number of benzene rings is 2. The maximum absolute atomic E-state index is 13.6. The molecule has 0 aliphatic heterocycles. The van der Waals surface area contributed by atoms with Gasteiger partial charge in [0.05, 0.1) is 5.52 Å². The van der Waals surface area contributed by atoms with Gasteiger partial charge >= 0.3 is 0 Å². The molecule has 0 saturated heterocycles. The lowest BCUT2D eigenvalue weighted by Crippen LogP contribution is -1.85. The van der Waals surface area contributed by atoms with Crippen molar-refractivity contribution in [1.29, 1.82) is 0 Å². The fourth-order valence-electron chi connectivity index (χ4n) is 2.00. The smallest absolute Gasteiger partial charge is 0.153 e. The van der Waals surface area contributed by atoms with Crippen molar-refractivity contribution in [2.45, 2.75) is 6.92 Å². The number of hydrogen-bond donors (Lipinski definition) is 1. The van der Waals surface area contributed by atoms with Crippen LogP contribution in [0.2, 0.25) is 0 Å². The highest BCUT2D eigenvalue weighted by Gasteiger charge is 2.13. The monoisotopic (exact) mass is 322 g/mol. The van der Waals surface area contributed by atoms with Gasteiger partial charge in [0.2, 0.25) is 0 Å². The van der Waals surface area contributed by atoms with Crippen molar-refractivity contribution < 1.29 is 8.78 Å². The van der Waals surface area contributed by atoms with Gasteiger partial charge in [-0.1, -0.05) is 18.2 Å². The number of fused-ring (bicyclic) bond motifs is 1. The van der Waals surface area contributed by atoms with Crippen LogP contribution < -0.4 is 0 Å². The van der Waals surface area contributed by atoms with E-state index in [0.717, 1.165) is 21.7 Å². The van der Waals surface area contributed by atoms with Gasteiger partial charge in [-0.3, -0.25) is 0 Å². The molecule has 2 nitrogen and oxygen atoms in total. The molecule has 19 heavy (non-hydrogen) atoms. The second-order valence-corrected chi connectivity index (χ2v) is 5.10. The van der Waals surface area contributed by atoms with Crippen LogP contribution in [0.1, 0.15) is 5.56 Å². The number of nitrogens with one attached hydrogen (secondary N) is 1. The van der Waals surface area contributed by atoms with Crippen LogP contribution in [0.25, 0.3) is 22.4 Å². The fraction of sp³-hybridized carbons (Fsp3) is 0.0714. The lowest BCUT2D eigenvalue weighted by Gasteiger charge is -2.03. The van der Waals surface area contributed by atoms with Gasteiger partial charge in [0.15, 0.2) is 5.82 Å². The number of nitrogens with zero attached hydrogens (tertiary/aromatic N) is 1. The van der Waals surface area contributed by atoms with Gasteiger partial charge in [0, 0.05) is 16.1 Å².